The molecule has 0 radical (unpaired) electrons. The van der Waals surface area contributed by atoms with Crippen molar-refractivity contribution in [1.82, 2.24) is 14.8 Å². The summed E-state index contributed by atoms with van der Waals surface area (Å²) in [5.74, 6) is 0.213. The predicted molar refractivity (Wildman–Crippen MR) is 97.3 cm³/mol. The van der Waals surface area contributed by atoms with Gasteiger partial charge in [-0.25, -0.2) is 4.98 Å². The molecule has 0 spiro atoms. The van der Waals surface area contributed by atoms with Gasteiger partial charge < -0.3 is 10.0 Å². The van der Waals surface area contributed by atoms with Gasteiger partial charge in [-0.15, -0.1) is 11.3 Å². The van der Waals surface area contributed by atoms with E-state index in [-0.39, 0.29) is 12.0 Å². The van der Waals surface area contributed by atoms with E-state index < -0.39 is 0 Å². The fourth-order valence-corrected chi connectivity index (χ4v) is 3.97. The Hall–Kier alpha value is -1.50. The second-order valence-corrected chi connectivity index (χ2v) is 7.43. The molecule has 1 aromatic heterocycles. The zero-order valence-electron chi connectivity index (χ0n) is 14.1. The average molecular weight is 347 g/mol. The number of piperazine rings is 1. The quantitative estimate of drug-likeness (QED) is 0.870. The summed E-state index contributed by atoms with van der Waals surface area (Å²) in [6, 6.07) is 8.10. The molecule has 0 bridgehead atoms. The van der Waals surface area contributed by atoms with Crippen LogP contribution < -0.4 is 0 Å². The van der Waals surface area contributed by atoms with E-state index in [2.05, 4.69) is 16.0 Å². The van der Waals surface area contributed by atoms with Crippen molar-refractivity contribution in [2.75, 3.05) is 32.7 Å². The van der Waals surface area contributed by atoms with Gasteiger partial charge in [0.2, 0.25) is 5.91 Å². The van der Waals surface area contributed by atoms with Crippen molar-refractivity contribution in [1.29, 1.82) is 0 Å². The third-order valence-electron chi connectivity index (χ3n) is 4.56. The SMILES string of the molecule is CC[C@H](O)CN1CCN(C(=O)CCc2nc3ccccc3s2)CC1. The number of β-amino-alcohol motifs (C(OH)–C–C–N with tert-alkyl or cyclic N) is 1. The molecule has 24 heavy (non-hydrogen) atoms. The van der Waals surface area contributed by atoms with Gasteiger partial charge >= 0.3 is 0 Å². The summed E-state index contributed by atoms with van der Waals surface area (Å²) in [6.07, 6.45) is 1.76. The lowest BCUT2D eigenvalue weighted by Crippen LogP contribution is -2.50. The molecule has 1 aliphatic rings. The Balaban J connectivity index is 1.46. The fraction of sp³-hybridized carbons (Fsp3) is 0.556. The number of rotatable bonds is 6. The van der Waals surface area contributed by atoms with Gasteiger partial charge in [0.15, 0.2) is 0 Å². The molecule has 1 aliphatic heterocycles. The van der Waals surface area contributed by atoms with Crippen LogP contribution in [0.5, 0.6) is 0 Å². The first-order valence-electron chi connectivity index (χ1n) is 8.68. The highest BCUT2D eigenvalue weighted by molar-refractivity contribution is 7.18. The lowest BCUT2D eigenvalue weighted by Gasteiger charge is -2.35. The van der Waals surface area contributed by atoms with Crippen LogP contribution in [0.3, 0.4) is 0 Å². The highest BCUT2D eigenvalue weighted by Crippen LogP contribution is 2.22. The summed E-state index contributed by atoms with van der Waals surface area (Å²) in [6.45, 7) is 5.93. The number of para-hydroxylation sites is 1. The highest BCUT2D eigenvalue weighted by Gasteiger charge is 2.22. The minimum atomic E-state index is -0.258. The van der Waals surface area contributed by atoms with Gasteiger partial charge in [0.05, 0.1) is 21.3 Å². The van der Waals surface area contributed by atoms with E-state index in [4.69, 9.17) is 0 Å². The molecule has 1 aromatic carbocycles. The molecule has 2 aromatic rings. The number of thiazole rings is 1. The van der Waals surface area contributed by atoms with E-state index >= 15 is 0 Å². The van der Waals surface area contributed by atoms with Crippen LogP contribution in [-0.4, -0.2) is 64.6 Å². The monoisotopic (exact) mass is 347 g/mol. The van der Waals surface area contributed by atoms with Gasteiger partial charge in [-0.1, -0.05) is 19.1 Å². The molecular formula is C18H25N3O2S. The Kier molecular flexibility index (Phi) is 5.81. The van der Waals surface area contributed by atoms with Crippen LogP contribution in [0.2, 0.25) is 0 Å². The number of aromatic nitrogens is 1. The van der Waals surface area contributed by atoms with Crippen LogP contribution in [0.4, 0.5) is 0 Å². The zero-order chi connectivity index (χ0) is 16.9. The number of hydrogen-bond acceptors (Lipinski definition) is 5. The van der Waals surface area contributed by atoms with Crippen LogP contribution in [0.1, 0.15) is 24.8 Å². The highest BCUT2D eigenvalue weighted by atomic mass is 32.1. The van der Waals surface area contributed by atoms with Gasteiger partial charge in [-0.05, 0) is 18.6 Å². The number of carbonyl (C=O) groups excluding carboxylic acids is 1. The second-order valence-electron chi connectivity index (χ2n) is 6.32. The molecule has 1 N–H and O–H groups in total. The predicted octanol–water partition coefficient (Wildman–Crippen LogP) is 2.14. The number of fused-ring (bicyclic) bond motifs is 1. The first-order valence-corrected chi connectivity index (χ1v) is 9.50. The summed E-state index contributed by atoms with van der Waals surface area (Å²) in [5.41, 5.74) is 1.02. The molecular weight excluding hydrogens is 322 g/mol. The van der Waals surface area contributed by atoms with Crippen molar-refractivity contribution in [3.05, 3.63) is 29.3 Å². The van der Waals surface area contributed by atoms with Gasteiger partial charge in [0.25, 0.3) is 0 Å². The Labute approximate surface area is 146 Å². The van der Waals surface area contributed by atoms with Gasteiger partial charge in [-0.3, -0.25) is 9.69 Å². The third-order valence-corrected chi connectivity index (χ3v) is 5.65. The van der Waals surface area contributed by atoms with E-state index in [1.54, 1.807) is 11.3 Å². The number of benzene rings is 1. The minimum Gasteiger partial charge on any atom is -0.392 e. The molecule has 2 heterocycles. The van der Waals surface area contributed by atoms with Crippen molar-refractivity contribution < 1.29 is 9.90 Å². The summed E-state index contributed by atoms with van der Waals surface area (Å²) in [5, 5.41) is 10.8. The standard InChI is InChI=1S/C18H25N3O2S/c1-2-14(22)13-20-9-11-21(12-10-20)18(23)8-7-17-19-15-5-3-4-6-16(15)24-17/h3-6,14,22H,2,7-13H2,1H3/t14-/m0/s1. The maximum Gasteiger partial charge on any atom is 0.223 e. The largest absolute Gasteiger partial charge is 0.392 e. The van der Waals surface area contributed by atoms with E-state index in [0.717, 1.165) is 43.1 Å². The Morgan fingerprint density at radius 3 is 2.75 bits per heavy atom. The van der Waals surface area contributed by atoms with Crippen molar-refractivity contribution in [3.8, 4) is 0 Å². The van der Waals surface area contributed by atoms with Crippen molar-refractivity contribution in [2.45, 2.75) is 32.3 Å². The van der Waals surface area contributed by atoms with E-state index in [0.29, 0.717) is 19.4 Å². The summed E-state index contributed by atoms with van der Waals surface area (Å²) in [7, 11) is 0. The molecule has 0 aliphatic carbocycles. The second kappa shape index (κ2) is 8.05. The Morgan fingerprint density at radius 1 is 1.29 bits per heavy atom. The van der Waals surface area contributed by atoms with Crippen LogP contribution in [0, 0.1) is 0 Å². The van der Waals surface area contributed by atoms with Crippen LogP contribution in [0.25, 0.3) is 10.2 Å². The molecule has 1 amide bonds. The molecule has 1 saturated heterocycles. The van der Waals surface area contributed by atoms with Gasteiger partial charge in [0, 0.05) is 45.6 Å². The zero-order valence-corrected chi connectivity index (χ0v) is 15.0. The molecule has 3 rings (SSSR count). The number of hydrogen-bond donors (Lipinski definition) is 1. The molecule has 6 heteroatoms. The van der Waals surface area contributed by atoms with Crippen molar-refractivity contribution in [2.24, 2.45) is 0 Å². The smallest absolute Gasteiger partial charge is 0.223 e. The van der Waals surface area contributed by atoms with Gasteiger partial charge in [-0.2, -0.15) is 0 Å². The molecule has 1 atom stereocenters. The molecule has 0 unspecified atom stereocenters. The number of amides is 1. The molecule has 130 valence electrons. The van der Waals surface area contributed by atoms with Crippen LogP contribution in [0.15, 0.2) is 24.3 Å². The van der Waals surface area contributed by atoms with Crippen molar-refractivity contribution in [3.63, 3.8) is 0 Å². The van der Waals surface area contributed by atoms with E-state index in [1.165, 1.54) is 4.70 Å². The minimum absolute atomic E-state index is 0.213. The molecule has 1 fully saturated rings. The summed E-state index contributed by atoms with van der Waals surface area (Å²) in [4.78, 5) is 21.2. The van der Waals surface area contributed by atoms with E-state index in [1.807, 2.05) is 30.0 Å². The number of nitrogens with zero attached hydrogens (tertiary/aromatic N) is 3. The first kappa shape index (κ1) is 17.3. The first-order chi connectivity index (χ1) is 11.7. The third kappa shape index (κ3) is 4.32. The van der Waals surface area contributed by atoms with Crippen LogP contribution >= 0.6 is 11.3 Å². The Bertz CT molecular complexity index is 647. The topological polar surface area (TPSA) is 56.7 Å². The Morgan fingerprint density at radius 2 is 2.04 bits per heavy atom. The summed E-state index contributed by atoms with van der Waals surface area (Å²) >= 11 is 1.68. The van der Waals surface area contributed by atoms with Gasteiger partial charge in [0.1, 0.15) is 0 Å². The average Bonchev–Trinajstić information content (AvgIpc) is 3.03. The number of aryl methyl sites for hydroxylation is 1. The fourth-order valence-electron chi connectivity index (χ4n) is 3.01. The normalized spacial score (nSPS) is 17.3. The molecule has 5 nitrogen and oxygen atoms in total. The number of aliphatic hydroxyl groups excluding tert-OH is 1. The summed E-state index contributed by atoms with van der Waals surface area (Å²) < 4.78 is 1.18. The maximum atomic E-state index is 12.4. The van der Waals surface area contributed by atoms with Crippen molar-refractivity contribution >= 4 is 27.5 Å². The maximum absolute atomic E-state index is 12.4. The molecule has 0 saturated carbocycles. The number of carbonyl (C=O) groups is 1. The number of aliphatic hydroxyl groups is 1. The van der Waals surface area contributed by atoms with Crippen LogP contribution in [-0.2, 0) is 11.2 Å². The lowest BCUT2D eigenvalue weighted by atomic mass is 10.2. The lowest BCUT2D eigenvalue weighted by molar-refractivity contribution is -0.133. The van der Waals surface area contributed by atoms with E-state index in [9.17, 15) is 9.90 Å².